The third-order valence-electron chi connectivity index (χ3n) is 3.67. The second-order valence-corrected chi connectivity index (χ2v) is 9.46. The summed E-state index contributed by atoms with van der Waals surface area (Å²) in [4.78, 5) is 15.2. The van der Waals surface area contributed by atoms with Gasteiger partial charge < -0.3 is 0 Å². The number of thiophene rings is 1. The van der Waals surface area contributed by atoms with Crippen molar-refractivity contribution in [1.29, 1.82) is 0 Å². The predicted molar refractivity (Wildman–Crippen MR) is 101 cm³/mol. The van der Waals surface area contributed by atoms with E-state index in [1.165, 1.54) is 27.1 Å². The first-order valence-corrected chi connectivity index (χ1v) is 10.9. The van der Waals surface area contributed by atoms with Crippen LogP contribution in [0.2, 0.25) is 0 Å². The fraction of sp³-hybridized carbons (Fsp3) is 0.312. The van der Waals surface area contributed by atoms with Gasteiger partial charge in [-0.15, -0.1) is 11.3 Å². The fourth-order valence-corrected chi connectivity index (χ4v) is 5.55. The minimum absolute atomic E-state index is 0.208. The van der Waals surface area contributed by atoms with Crippen LogP contribution in [0.25, 0.3) is 10.2 Å². The van der Waals surface area contributed by atoms with Gasteiger partial charge in [0.1, 0.15) is 26.1 Å². The fourth-order valence-electron chi connectivity index (χ4n) is 2.43. The Morgan fingerprint density at radius 1 is 1.16 bits per heavy atom. The maximum atomic E-state index is 12.5. The molecule has 0 bridgehead atoms. The molecule has 0 aliphatic heterocycles. The second kappa shape index (κ2) is 7.36. The molecule has 0 N–H and O–H groups in total. The topological polar surface area (TPSA) is 76.1 Å². The van der Waals surface area contributed by atoms with Gasteiger partial charge in [0, 0.05) is 29.5 Å². The lowest BCUT2D eigenvalue weighted by Gasteiger charge is -2.18. The smallest absolute Gasteiger partial charge is 0.244 e. The van der Waals surface area contributed by atoms with Crippen molar-refractivity contribution in [2.45, 2.75) is 35.7 Å². The summed E-state index contributed by atoms with van der Waals surface area (Å²) in [6.07, 6.45) is 2.95. The predicted octanol–water partition coefficient (Wildman–Crippen LogP) is 3.58. The lowest BCUT2D eigenvalue weighted by atomic mass is 10.4. The maximum Gasteiger partial charge on any atom is 0.244 e. The number of rotatable bonds is 6. The normalized spacial score (nSPS) is 12.2. The molecule has 0 fully saturated rings. The average molecular weight is 395 g/mol. The van der Waals surface area contributed by atoms with E-state index in [9.17, 15) is 8.42 Å². The van der Waals surface area contributed by atoms with Crippen LogP contribution in [-0.4, -0.2) is 40.8 Å². The number of aryl methyl sites for hydroxylation is 1. The Hall–Kier alpha value is -1.55. The van der Waals surface area contributed by atoms with Crippen LogP contribution in [0, 0.1) is 6.92 Å². The van der Waals surface area contributed by atoms with Gasteiger partial charge in [0.25, 0.3) is 0 Å². The van der Waals surface area contributed by atoms with Crippen LogP contribution in [0.4, 0.5) is 0 Å². The van der Waals surface area contributed by atoms with Gasteiger partial charge in [-0.2, -0.15) is 4.31 Å². The summed E-state index contributed by atoms with van der Waals surface area (Å²) < 4.78 is 26.4. The van der Waals surface area contributed by atoms with E-state index < -0.39 is 10.0 Å². The minimum atomic E-state index is -3.48. The minimum Gasteiger partial charge on any atom is -0.248 e. The van der Waals surface area contributed by atoms with Gasteiger partial charge in [0.05, 0.1) is 0 Å². The van der Waals surface area contributed by atoms with Gasteiger partial charge >= 0.3 is 0 Å². The summed E-state index contributed by atoms with van der Waals surface area (Å²) >= 11 is 3.03. The highest BCUT2D eigenvalue weighted by Gasteiger charge is 2.22. The Kier molecular flexibility index (Phi) is 5.38. The zero-order valence-corrected chi connectivity index (χ0v) is 16.6. The first kappa shape index (κ1) is 18.2. The van der Waals surface area contributed by atoms with E-state index >= 15 is 0 Å². The lowest BCUT2D eigenvalue weighted by Crippen LogP contribution is -2.30. The number of pyridine rings is 1. The number of fused-ring (bicyclic) bond motifs is 1. The average Bonchev–Trinajstić information content (AvgIpc) is 2.97. The Morgan fingerprint density at radius 2 is 1.92 bits per heavy atom. The third-order valence-corrected chi connectivity index (χ3v) is 7.63. The molecule has 0 atom stereocenters. The number of nitrogens with zero attached hydrogens (tertiary/aromatic N) is 4. The highest BCUT2D eigenvalue weighted by Crippen LogP contribution is 2.33. The standard InChI is InChI=1S/C16H18N4O2S3/c1-4-20(5-2)25(21,22)12-6-7-14(17-9-12)24-16-13-8-11(3)23-15(13)18-10-19-16/h6-10H,4-5H2,1-3H3. The van der Waals surface area contributed by atoms with Gasteiger partial charge in [0.2, 0.25) is 10.0 Å². The van der Waals surface area contributed by atoms with E-state index in [0.29, 0.717) is 18.1 Å². The molecule has 3 rings (SSSR count). The summed E-state index contributed by atoms with van der Waals surface area (Å²) in [5.74, 6) is 0. The van der Waals surface area contributed by atoms with Crippen LogP contribution < -0.4 is 0 Å². The van der Waals surface area contributed by atoms with Crippen molar-refractivity contribution in [1.82, 2.24) is 19.3 Å². The molecule has 0 spiro atoms. The summed E-state index contributed by atoms with van der Waals surface area (Å²) in [5, 5.41) is 2.51. The molecule has 25 heavy (non-hydrogen) atoms. The number of hydrogen-bond acceptors (Lipinski definition) is 7. The molecule has 3 aromatic heterocycles. The molecule has 0 aliphatic carbocycles. The van der Waals surface area contributed by atoms with Gasteiger partial charge in [-0.05, 0) is 36.9 Å². The number of sulfonamides is 1. The molecule has 0 aliphatic rings. The van der Waals surface area contributed by atoms with Crippen LogP contribution >= 0.6 is 23.1 Å². The van der Waals surface area contributed by atoms with Crippen molar-refractivity contribution >= 4 is 43.3 Å². The zero-order valence-electron chi connectivity index (χ0n) is 14.1. The maximum absolute atomic E-state index is 12.5. The molecule has 0 unspecified atom stereocenters. The summed E-state index contributed by atoms with van der Waals surface area (Å²) in [6, 6.07) is 5.37. The largest absolute Gasteiger partial charge is 0.248 e. The van der Waals surface area contributed by atoms with Crippen LogP contribution in [0.1, 0.15) is 18.7 Å². The Balaban J connectivity index is 1.88. The molecule has 132 valence electrons. The van der Waals surface area contributed by atoms with Gasteiger partial charge in [-0.25, -0.2) is 23.4 Å². The SMILES string of the molecule is CCN(CC)S(=O)(=O)c1ccc(Sc2ncnc3sc(C)cc23)nc1. The quantitative estimate of drug-likeness (QED) is 0.595. The summed E-state index contributed by atoms with van der Waals surface area (Å²) in [7, 11) is -3.48. The van der Waals surface area contributed by atoms with Crippen LogP contribution in [0.3, 0.4) is 0 Å². The van der Waals surface area contributed by atoms with E-state index in [1.807, 2.05) is 20.8 Å². The molecule has 3 aromatic rings. The summed E-state index contributed by atoms with van der Waals surface area (Å²) in [6.45, 7) is 6.55. The first-order valence-electron chi connectivity index (χ1n) is 7.81. The number of aromatic nitrogens is 3. The molecular formula is C16H18N4O2S3. The van der Waals surface area contributed by atoms with E-state index in [0.717, 1.165) is 15.2 Å². The molecule has 6 nitrogen and oxygen atoms in total. The Bertz CT molecular complexity index is 980. The van der Waals surface area contributed by atoms with Crippen LogP contribution in [-0.2, 0) is 10.0 Å². The van der Waals surface area contributed by atoms with E-state index in [-0.39, 0.29) is 4.90 Å². The first-order chi connectivity index (χ1) is 12.0. The molecular weight excluding hydrogens is 376 g/mol. The van der Waals surface area contributed by atoms with Crippen LogP contribution in [0.15, 0.2) is 45.7 Å². The monoisotopic (exact) mass is 394 g/mol. The van der Waals surface area contributed by atoms with Crippen molar-refractivity contribution < 1.29 is 8.42 Å². The highest BCUT2D eigenvalue weighted by molar-refractivity contribution is 7.99. The third kappa shape index (κ3) is 3.69. The second-order valence-electron chi connectivity index (χ2n) is 5.28. The van der Waals surface area contributed by atoms with Crippen molar-refractivity contribution in [3.8, 4) is 0 Å². The molecule has 0 amide bonds. The highest BCUT2D eigenvalue weighted by atomic mass is 32.2. The Labute approximate surface area is 155 Å². The van der Waals surface area contributed by atoms with Crippen molar-refractivity contribution in [3.63, 3.8) is 0 Å². The van der Waals surface area contributed by atoms with Crippen LogP contribution in [0.5, 0.6) is 0 Å². The molecule has 3 heterocycles. The van der Waals surface area contributed by atoms with Crippen molar-refractivity contribution in [2.75, 3.05) is 13.1 Å². The van der Waals surface area contributed by atoms with Gasteiger partial charge in [0.15, 0.2) is 0 Å². The van der Waals surface area contributed by atoms with Crippen molar-refractivity contribution in [2.24, 2.45) is 0 Å². The van der Waals surface area contributed by atoms with E-state index in [2.05, 4.69) is 21.0 Å². The zero-order chi connectivity index (χ0) is 18.0. The van der Waals surface area contributed by atoms with Gasteiger partial charge in [-0.1, -0.05) is 13.8 Å². The molecule has 0 saturated heterocycles. The summed E-state index contributed by atoms with van der Waals surface area (Å²) in [5.41, 5.74) is 0. The molecule has 0 aromatic carbocycles. The Morgan fingerprint density at radius 3 is 2.56 bits per heavy atom. The molecule has 0 radical (unpaired) electrons. The van der Waals surface area contributed by atoms with E-state index in [4.69, 9.17) is 0 Å². The van der Waals surface area contributed by atoms with Crippen molar-refractivity contribution in [3.05, 3.63) is 35.6 Å². The van der Waals surface area contributed by atoms with Gasteiger partial charge in [-0.3, -0.25) is 0 Å². The molecule has 0 saturated carbocycles. The van der Waals surface area contributed by atoms with E-state index in [1.54, 1.807) is 29.8 Å². The lowest BCUT2D eigenvalue weighted by molar-refractivity contribution is 0.445. The molecule has 9 heteroatoms. The number of hydrogen-bond donors (Lipinski definition) is 0.